The fraction of sp³-hybridized carbons (Fsp3) is 0.359. The largest absolute Gasteiger partial charge is 0.435 e. The van der Waals surface area contributed by atoms with Crippen LogP contribution in [0.4, 0.5) is 36.6 Å². The van der Waals surface area contributed by atoms with E-state index in [0.717, 1.165) is 23.4 Å². The lowest BCUT2D eigenvalue weighted by Gasteiger charge is -2.23. The van der Waals surface area contributed by atoms with Crippen molar-refractivity contribution in [1.29, 1.82) is 0 Å². The van der Waals surface area contributed by atoms with Crippen LogP contribution in [-0.4, -0.2) is 50.1 Å². The second kappa shape index (κ2) is 14.3. The summed E-state index contributed by atoms with van der Waals surface area (Å²) >= 11 is 7.97. The molecule has 316 valence electrons. The van der Waals surface area contributed by atoms with Crippen LogP contribution >= 0.6 is 22.9 Å². The smallest absolute Gasteiger partial charge is 0.346 e. The third kappa shape index (κ3) is 7.61. The molecule has 8 rings (SSSR count). The lowest BCUT2D eigenvalue weighted by Crippen LogP contribution is -2.35. The first-order valence-corrected chi connectivity index (χ1v) is 21.4. The van der Waals surface area contributed by atoms with Crippen molar-refractivity contribution < 1.29 is 43.9 Å². The Labute approximate surface area is 347 Å². The molecular formula is C39H34ClF7N8O3S2. The Morgan fingerprint density at radius 1 is 1.05 bits per heavy atom. The number of hydrogen-bond acceptors (Lipinski definition) is 8. The van der Waals surface area contributed by atoms with Gasteiger partial charge in [-0.3, -0.25) is 18.9 Å². The molecule has 0 radical (unpaired) electrons. The Hall–Kier alpha value is -5.08. The summed E-state index contributed by atoms with van der Waals surface area (Å²) in [5.74, 6) is -9.09. The summed E-state index contributed by atoms with van der Waals surface area (Å²) in [5, 5.41) is 11.6. The van der Waals surface area contributed by atoms with Gasteiger partial charge in [-0.05, 0) is 48.6 Å². The predicted molar refractivity (Wildman–Crippen MR) is 210 cm³/mol. The van der Waals surface area contributed by atoms with E-state index in [1.54, 1.807) is 24.4 Å². The van der Waals surface area contributed by atoms with Crippen molar-refractivity contribution in [3.8, 4) is 21.7 Å². The Bertz CT molecular complexity index is 2830. The number of nitrogens with zero attached hydrogens (tertiary/aromatic N) is 6. The van der Waals surface area contributed by atoms with Gasteiger partial charge in [0.1, 0.15) is 23.9 Å². The van der Waals surface area contributed by atoms with E-state index in [-0.39, 0.29) is 45.7 Å². The first-order chi connectivity index (χ1) is 27.9. The summed E-state index contributed by atoms with van der Waals surface area (Å²) in [6.07, 6.45) is -3.02. The molecule has 0 aliphatic heterocycles. The average Bonchev–Trinajstić information content (AvgIpc) is 3.36. The summed E-state index contributed by atoms with van der Waals surface area (Å²) in [4.78, 5) is 24.2. The van der Waals surface area contributed by atoms with Crippen molar-refractivity contribution in [2.24, 2.45) is 13.0 Å². The number of sulfonamides is 1. The molecule has 2 aliphatic rings. The first-order valence-electron chi connectivity index (χ1n) is 18.3. The van der Waals surface area contributed by atoms with Crippen LogP contribution in [0.15, 0.2) is 48.7 Å². The molecule has 60 heavy (non-hydrogen) atoms. The molecule has 0 spiro atoms. The van der Waals surface area contributed by atoms with Gasteiger partial charge in [-0.1, -0.05) is 44.5 Å². The molecular weight excluding hydrogens is 861 g/mol. The number of benzene rings is 2. The topological polar surface area (TPSA) is 137 Å². The summed E-state index contributed by atoms with van der Waals surface area (Å²) in [7, 11) is -2.31. The number of pyridine rings is 1. The molecule has 11 nitrogen and oxygen atoms in total. The number of aryl methyl sites for hydroxylation is 1. The lowest BCUT2D eigenvalue weighted by molar-refractivity contribution is -0.142. The molecule has 4 heterocycles. The third-order valence-electron chi connectivity index (χ3n) is 10.4. The Kier molecular flexibility index (Phi) is 9.89. The normalized spacial score (nSPS) is 17.8. The number of alkyl halides is 5. The minimum Gasteiger partial charge on any atom is -0.346 e. The second-order valence-corrected chi connectivity index (χ2v) is 19.2. The van der Waals surface area contributed by atoms with Gasteiger partial charge in [-0.25, -0.2) is 27.2 Å². The maximum Gasteiger partial charge on any atom is 0.435 e. The van der Waals surface area contributed by atoms with E-state index in [2.05, 4.69) is 25.2 Å². The van der Waals surface area contributed by atoms with Crippen LogP contribution in [-0.2, 0) is 52.3 Å². The van der Waals surface area contributed by atoms with Gasteiger partial charge in [0.2, 0.25) is 15.9 Å². The first kappa shape index (κ1) is 41.6. The summed E-state index contributed by atoms with van der Waals surface area (Å²) in [6, 6.07) is 7.77. The zero-order valence-electron chi connectivity index (χ0n) is 32.2. The van der Waals surface area contributed by atoms with Crippen LogP contribution in [0.5, 0.6) is 0 Å². The number of hydrogen-bond donors (Lipinski definition) is 2. The average molecular weight is 895 g/mol. The van der Waals surface area contributed by atoms with Crippen molar-refractivity contribution in [2.45, 2.75) is 69.6 Å². The molecule has 0 saturated heterocycles. The Morgan fingerprint density at radius 3 is 2.37 bits per heavy atom. The number of anilines is 1. The van der Waals surface area contributed by atoms with Crippen molar-refractivity contribution in [3.05, 3.63) is 98.5 Å². The SMILES string of the molecule is Cn1nc(NS(C)(=O)=O)c2c(Cl)ccc(-c3ccc(-c4cnc(C(C)(C)C)s4)nc3[C@H](Cc3cc(F)cc(F)c3)NC(=O)Cn3nc(C(F)(F)F)c4c3C(F)(F)[C@@H]3C[C@H]43)c21. The van der Waals surface area contributed by atoms with Crippen LogP contribution < -0.4 is 10.0 Å². The van der Waals surface area contributed by atoms with Gasteiger partial charge in [-0.15, -0.1) is 11.3 Å². The minimum absolute atomic E-state index is 0.0381. The van der Waals surface area contributed by atoms with Crippen LogP contribution in [0.1, 0.15) is 72.4 Å². The minimum atomic E-state index is -5.07. The zero-order valence-corrected chi connectivity index (χ0v) is 34.6. The highest BCUT2D eigenvalue weighted by Gasteiger charge is 2.68. The molecule has 0 bridgehead atoms. The van der Waals surface area contributed by atoms with E-state index in [1.807, 2.05) is 20.8 Å². The molecule has 0 unspecified atom stereocenters. The van der Waals surface area contributed by atoms with Crippen LogP contribution in [0, 0.1) is 17.6 Å². The molecule has 2 aliphatic carbocycles. The summed E-state index contributed by atoms with van der Waals surface area (Å²) in [5.41, 5.74) is -1.98. The summed E-state index contributed by atoms with van der Waals surface area (Å²) in [6.45, 7) is 4.85. The molecule has 2 N–H and O–H groups in total. The van der Waals surface area contributed by atoms with Crippen molar-refractivity contribution >= 4 is 55.6 Å². The van der Waals surface area contributed by atoms with E-state index in [0.29, 0.717) is 38.0 Å². The zero-order chi connectivity index (χ0) is 43.4. The van der Waals surface area contributed by atoms with E-state index >= 15 is 8.78 Å². The number of fused-ring (bicyclic) bond motifs is 4. The van der Waals surface area contributed by atoms with Gasteiger partial charge in [-0.2, -0.15) is 32.1 Å². The number of carbonyl (C=O) groups excluding carboxylic acids is 1. The van der Waals surface area contributed by atoms with Crippen molar-refractivity contribution in [2.75, 3.05) is 11.0 Å². The monoisotopic (exact) mass is 894 g/mol. The molecule has 1 saturated carbocycles. The van der Waals surface area contributed by atoms with Gasteiger partial charge in [0, 0.05) is 47.3 Å². The van der Waals surface area contributed by atoms with Crippen molar-refractivity contribution in [1.82, 2.24) is 34.8 Å². The fourth-order valence-electron chi connectivity index (χ4n) is 7.84. The number of nitrogens with one attached hydrogen (secondary N) is 2. The van der Waals surface area contributed by atoms with Crippen LogP contribution in [0.2, 0.25) is 5.02 Å². The lowest BCUT2D eigenvalue weighted by atomic mass is 9.93. The highest BCUT2D eigenvalue weighted by Crippen LogP contribution is 2.68. The van der Waals surface area contributed by atoms with E-state index < -0.39 is 81.0 Å². The number of halogens is 8. The molecule has 21 heteroatoms. The predicted octanol–water partition coefficient (Wildman–Crippen LogP) is 8.88. The Balaban J connectivity index is 1.30. The number of thiazole rings is 1. The van der Waals surface area contributed by atoms with Crippen molar-refractivity contribution in [3.63, 3.8) is 0 Å². The standard InChI is InChI=1S/C39H34ClF7N8O3S2/c1-37(2,3)36-48-15-27(59-36)25-9-7-20(21-6-8-24(40)30-32(21)54(4)52-35(30)53-60(5,57)58)31(50-25)26(12-17-10-18(41)13-19(42)11-17)49-28(56)16-55-34-29(33(51-55)39(45,46)47)22-14-23(22)38(34,43)44/h6-11,13,15,22-23,26H,12,14,16H2,1-5H3,(H,49,56)(H,52,53)/t22-,23+,26-/m0/s1. The number of amides is 1. The van der Waals surface area contributed by atoms with Gasteiger partial charge in [0.25, 0.3) is 5.92 Å². The third-order valence-corrected chi connectivity index (χ3v) is 12.7. The maximum atomic E-state index is 15.5. The summed E-state index contributed by atoms with van der Waals surface area (Å²) < 4.78 is 131. The van der Waals surface area contributed by atoms with E-state index in [9.17, 15) is 35.2 Å². The molecule has 1 fully saturated rings. The highest BCUT2D eigenvalue weighted by molar-refractivity contribution is 7.92. The Morgan fingerprint density at radius 2 is 1.73 bits per heavy atom. The number of aromatic nitrogens is 6. The van der Waals surface area contributed by atoms with Gasteiger partial charge >= 0.3 is 6.18 Å². The molecule has 2 aromatic carbocycles. The second-order valence-electron chi connectivity index (χ2n) is 16.0. The van der Waals surface area contributed by atoms with Gasteiger partial charge < -0.3 is 5.32 Å². The number of carbonyl (C=O) groups is 1. The fourth-order valence-corrected chi connectivity index (χ4v) is 9.52. The quantitative estimate of drug-likeness (QED) is 0.131. The van der Waals surface area contributed by atoms with Gasteiger partial charge in [0.15, 0.2) is 11.5 Å². The molecule has 6 aromatic rings. The van der Waals surface area contributed by atoms with Crippen LogP contribution in [0.25, 0.3) is 32.6 Å². The molecule has 3 atom stereocenters. The van der Waals surface area contributed by atoms with Gasteiger partial charge in [0.05, 0.1) is 49.5 Å². The van der Waals surface area contributed by atoms with Crippen LogP contribution in [0.3, 0.4) is 0 Å². The van der Waals surface area contributed by atoms with E-state index in [1.165, 1.54) is 29.1 Å². The number of rotatable bonds is 10. The molecule has 1 amide bonds. The highest BCUT2D eigenvalue weighted by atomic mass is 35.5. The maximum absolute atomic E-state index is 15.5. The van der Waals surface area contributed by atoms with E-state index in [4.69, 9.17) is 16.6 Å². The molecule has 4 aromatic heterocycles.